The van der Waals surface area contributed by atoms with Crippen LogP contribution in [0.5, 0.6) is 0 Å². The molecule has 0 radical (unpaired) electrons. The van der Waals surface area contributed by atoms with E-state index in [1.807, 2.05) is 0 Å². The standard InChI is InChI=1S/C17H17ClF2N2O/c18-15-11-14(5-6-16(15)20)22-17(23)8-10-21-9-7-12-1-3-13(19)4-2-12/h1-6,11,21H,7-10H2,(H,22,23). The van der Waals surface area contributed by atoms with Crippen LogP contribution in [0.4, 0.5) is 14.5 Å². The van der Waals surface area contributed by atoms with Crippen LogP contribution >= 0.6 is 11.6 Å². The van der Waals surface area contributed by atoms with E-state index < -0.39 is 5.82 Å². The summed E-state index contributed by atoms with van der Waals surface area (Å²) in [5, 5.41) is 5.77. The van der Waals surface area contributed by atoms with E-state index in [0.717, 1.165) is 12.0 Å². The Kier molecular flexibility index (Phi) is 6.50. The zero-order valence-corrected chi connectivity index (χ0v) is 13.2. The number of hydrogen-bond donors (Lipinski definition) is 2. The summed E-state index contributed by atoms with van der Waals surface area (Å²) in [6, 6.07) is 10.4. The molecule has 122 valence electrons. The van der Waals surface area contributed by atoms with Crippen LogP contribution in [0.1, 0.15) is 12.0 Å². The first kappa shape index (κ1) is 17.4. The minimum Gasteiger partial charge on any atom is -0.326 e. The molecule has 2 aromatic carbocycles. The van der Waals surface area contributed by atoms with Gasteiger partial charge in [0, 0.05) is 18.7 Å². The number of hydrogen-bond acceptors (Lipinski definition) is 2. The Labute approximate surface area is 138 Å². The molecule has 2 aromatic rings. The molecule has 1 amide bonds. The first-order valence-corrected chi connectivity index (χ1v) is 7.62. The number of nitrogens with one attached hydrogen (secondary N) is 2. The fourth-order valence-corrected chi connectivity index (χ4v) is 2.19. The fraction of sp³-hybridized carbons (Fsp3) is 0.235. The molecule has 23 heavy (non-hydrogen) atoms. The van der Waals surface area contributed by atoms with Crippen molar-refractivity contribution in [3.63, 3.8) is 0 Å². The largest absolute Gasteiger partial charge is 0.326 e. The summed E-state index contributed by atoms with van der Waals surface area (Å²) in [6.45, 7) is 1.21. The SMILES string of the molecule is O=C(CCNCCc1ccc(F)cc1)Nc1ccc(F)c(Cl)c1. The first-order valence-electron chi connectivity index (χ1n) is 7.24. The highest BCUT2D eigenvalue weighted by Gasteiger charge is 2.05. The van der Waals surface area contributed by atoms with Gasteiger partial charge in [0.2, 0.25) is 5.91 Å². The third-order valence-electron chi connectivity index (χ3n) is 3.24. The maximum absolute atomic E-state index is 13.0. The van der Waals surface area contributed by atoms with Crippen LogP contribution in [0, 0.1) is 11.6 Å². The number of amides is 1. The summed E-state index contributed by atoms with van der Waals surface area (Å²) in [5.41, 5.74) is 1.50. The molecule has 0 saturated heterocycles. The molecule has 0 aromatic heterocycles. The Morgan fingerprint density at radius 3 is 2.48 bits per heavy atom. The smallest absolute Gasteiger partial charge is 0.225 e. The van der Waals surface area contributed by atoms with Gasteiger partial charge in [0.25, 0.3) is 0 Å². The number of benzene rings is 2. The number of anilines is 1. The van der Waals surface area contributed by atoms with E-state index in [4.69, 9.17) is 11.6 Å². The maximum Gasteiger partial charge on any atom is 0.225 e. The van der Waals surface area contributed by atoms with Crippen molar-refractivity contribution in [3.8, 4) is 0 Å². The third kappa shape index (κ3) is 5.96. The van der Waals surface area contributed by atoms with Crippen molar-refractivity contribution in [1.29, 1.82) is 0 Å². The number of halogens is 3. The summed E-state index contributed by atoms with van der Waals surface area (Å²) in [5.74, 6) is -0.951. The molecule has 3 nitrogen and oxygen atoms in total. The Morgan fingerprint density at radius 1 is 1.04 bits per heavy atom. The molecule has 0 unspecified atom stereocenters. The predicted octanol–water partition coefficient (Wildman–Crippen LogP) is 3.78. The van der Waals surface area contributed by atoms with Crippen LogP contribution < -0.4 is 10.6 Å². The molecule has 0 bridgehead atoms. The van der Waals surface area contributed by atoms with E-state index in [9.17, 15) is 13.6 Å². The van der Waals surface area contributed by atoms with Gasteiger partial charge in [-0.05, 0) is 48.9 Å². The highest BCUT2D eigenvalue weighted by molar-refractivity contribution is 6.31. The van der Waals surface area contributed by atoms with E-state index in [2.05, 4.69) is 10.6 Å². The van der Waals surface area contributed by atoms with Crippen molar-refractivity contribution in [2.45, 2.75) is 12.8 Å². The molecule has 0 aliphatic heterocycles. The Bertz CT molecular complexity index is 662. The van der Waals surface area contributed by atoms with Gasteiger partial charge in [-0.1, -0.05) is 23.7 Å². The van der Waals surface area contributed by atoms with E-state index in [-0.39, 0.29) is 16.7 Å². The molecule has 0 saturated carbocycles. The zero-order valence-electron chi connectivity index (χ0n) is 12.4. The topological polar surface area (TPSA) is 41.1 Å². The molecule has 0 atom stereocenters. The quantitative estimate of drug-likeness (QED) is 0.754. The Balaban J connectivity index is 1.64. The van der Waals surface area contributed by atoms with E-state index in [1.54, 1.807) is 12.1 Å². The molecule has 2 N–H and O–H groups in total. The normalized spacial score (nSPS) is 10.6. The van der Waals surface area contributed by atoms with Crippen molar-refractivity contribution < 1.29 is 13.6 Å². The minimum absolute atomic E-state index is 0.0276. The molecule has 0 heterocycles. The van der Waals surface area contributed by atoms with Crippen LogP contribution in [0.3, 0.4) is 0 Å². The average Bonchev–Trinajstić information content (AvgIpc) is 2.52. The summed E-state index contributed by atoms with van der Waals surface area (Å²) >= 11 is 5.65. The maximum atomic E-state index is 13.0. The molecule has 6 heteroatoms. The predicted molar refractivity (Wildman–Crippen MR) is 87.6 cm³/mol. The van der Waals surface area contributed by atoms with Crippen LogP contribution in [0.2, 0.25) is 5.02 Å². The highest BCUT2D eigenvalue weighted by Crippen LogP contribution is 2.19. The van der Waals surface area contributed by atoms with Gasteiger partial charge >= 0.3 is 0 Å². The van der Waals surface area contributed by atoms with Gasteiger partial charge in [0.1, 0.15) is 11.6 Å². The molecule has 0 fully saturated rings. The van der Waals surface area contributed by atoms with Crippen molar-refractivity contribution >= 4 is 23.2 Å². The molecule has 2 rings (SSSR count). The minimum atomic E-state index is -0.521. The van der Waals surface area contributed by atoms with Gasteiger partial charge in [-0.2, -0.15) is 0 Å². The van der Waals surface area contributed by atoms with Gasteiger partial charge in [-0.25, -0.2) is 8.78 Å². The molecular weight excluding hydrogens is 322 g/mol. The monoisotopic (exact) mass is 338 g/mol. The lowest BCUT2D eigenvalue weighted by molar-refractivity contribution is -0.116. The second-order valence-electron chi connectivity index (χ2n) is 5.05. The third-order valence-corrected chi connectivity index (χ3v) is 3.53. The summed E-state index contributed by atoms with van der Waals surface area (Å²) in [6.07, 6.45) is 1.05. The first-order chi connectivity index (χ1) is 11.0. The van der Waals surface area contributed by atoms with Gasteiger partial charge in [-0.3, -0.25) is 4.79 Å². The van der Waals surface area contributed by atoms with Crippen molar-refractivity contribution in [3.05, 3.63) is 64.7 Å². The van der Waals surface area contributed by atoms with Crippen LogP contribution in [0.15, 0.2) is 42.5 Å². The zero-order chi connectivity index (χ0) is 16.7. The van der Waals surface area contributed by atoms with Crippen molar-refractivity contribution in [2.75, 3.05) is 18.4 Å². The Morgan fingerprint density at radius 2 is 1.78 bits per heavy atom. The second-order valence-corrected chi connectivity index (χ2v) is 5.46. The summed E-state index contributed by atoms with van der Waals surface area (Å²) < 4.78 is 25.8. The van der Waals surface area contributed by atoms with Crippen molar-refractivity contribution in [1.82, 2.24) is 5.32 Å². The van der Waals surface area contributed by atoms with Crippen LogP contribution in [0.25, 0.3) is 0 Å². The van der Waals surface area contributed by atoms with E-state index >= 15 is 0 Å². The van der Waals surface area contributed by atoms with Gasteiger partial charge in [-0.15, -0.1) is 0 Å². The number of carbonyl (C=O) groups excluding carboxylic acids is 1. The van der Waals surface area contributed by atoms with Crippen LogP contribution in [-0.4, -0.2) is 19.0 Å². The molecule has 0 aliphatic carbocycles. The number of rotatable bonds is 7. The lowest BCUT2D eigenvalue weighted by Crippen LogP contribution is -2.23. The van der Waals surface area contributed by atoms with Gasteiger partial charge in [0.05, 0.1) is 5.02 Å². The fourth-order valence-electron chi connectivity index (χ4n) is 2.01. The highest BCUT2D eigenvalue weighted by atomic mass is 35.5. The van der Waals surface area contributed by atoms with Crippen molar-refractivity contribution in [2.24, 2.45) is 0 Å². The summed E-state index contributed by atoms with van der Waals surface area (Å²) in [4.78, 5) is 11.7. The summed E-state index contributed by atoms with van der Waals surface area (Å²) in [7, 11) is 0. The van der Waals surface area contributed by atoms with E-state index in [0.29, 0.717) is 25.2 Å². The lowest BCUT2D eigenvalue weighted by atomic mass is 10.1. The Hall–Kier alpha value is -1.98. The molecule has 0 spiro atoms. The lowest BCUT2D eigenvalue weighted by Gasteiger charge is -2.07. The average molecular weight is 339 g/mol. The number of carbonyl (C=O) groups is 1. The molecule has 0 aliphatic rings. The molecular formula is C17H17ClF2N2O. The van der Waals surface area contributed by atoms with Crippen LogP contribution in [-0.2, 0) is 11.2 Å². The second kappa shape index (κ2) is 8.60. The van der Waals surface area contributed by atoms with E-state index in [1.165, 1.54) is 30.3 Å². The van der Waals surface area contributed by atoms with Gasteiger partial charge in [0.15, 0.2) is 0 Å². The van der Waals surface area contributed by atoms with Gasteiger partial charge < -0.3 is 10.6 Å².